The SMILES string of the molecule is O=C(OCc1ccccc1)N1CCC2(Cc3cc([N+](=O)[O-])c(F)cc3O2)C1. The van der Waals surface area contributed by atoms with Crippen molar-refractivity contribution in [1.82, 2.24) is 4.90 Å². The van der Waals surface area contributed by atoms with Gasteiger partial charge in [-0.1, -0.05) is 30.3 Å². The summed E-state index contributed by atoms with van der Waals surface area (Å²) in [6, 6.07) is 11.6. The maximum Gasteiger partial charge on any atom is 0.410 e. The fraction of sp³-hybridized carbons (Fsp3) is 0.316. The summed E-state index contributed by atoms with van der Waals surface area (Å²) < 4.78 is 25.1. The predicted octanol–water partition coefficient (Wildman–Crippen LogP) is 3.45. The third-order valence-corrected chi connectivity index (χ3v) is 4.95. The normalized spacial score (nSPS) is 20.4. The van der Waals surface area contributed by atoms with E-state index in [1.165, 1.54) is 6.07 Å². The van der Waals surface area contributed by atoms with Gasteiger partial charge in [0.1, 0.15) is 18.0 Å². The Bertz CT molecular complexity index is 904. The Morgan fingerprint density at radius 1 is 1.33 bits per heavy atom. The lowest BCUT2D eigenvalue weighted by atomic mass is 9.96. The van der Waals surface area contributed by atoms with Crippen LogP contribution < -0.4 is 4.74 Å². The quantitative estimate of drug-likeness (QED) is 0.609. The Hall–Kier alpha value is -3.16. The summed E-state index contributed by atoms with van der Waals surface area (Å²) in [5.74, 6) is -0.620. The van der Waals surface area contributed by atoms with Crippen molar-refractivity contribution < 1.29 is 23.6 Å². The molecule has 0 bridgehead atoms. The number of benzene rings is 2. The molecule has 0 aromatic heterocycles. The average molecular weight is 372 g/mol. The number of likely N-dealkylation sites (tertiary alicyclic amines) is 1. The Labute approximate surface area is 154 Å². The van der Waals surface area contributed by atoms with E-state index < -0.39 is 28.1 Å². The lowest BCUT2D eigenvalue weighted by Crippen LogP contribution is -2.39. The van der Waals surface area contributed by atoms with Crippen LogP contribution >= 0.6 is 0 Å². The average Bonchev–Trinajstić information content (AvgIpc) is 3.22. The lowest BCUT2D eigenvalue weighted by molar-refractivity contribution is -0.387. The first-order valence-electron chi connectivity index (χ1n) is 8.57. The van der Waals surface area contributed by atoms with Crippen LogP contribution in [0.3, 0.4) is 0 Å². The number of nitro benzene ring substituents is 1. The highest BCUT2D eigenvalue weighted by atomic mass is 19.1. The molecule has 2 heterocycles. The molecule has 27 heavy (non-hydrogen) atoms. The van der Waals surface area contributed by atoms with Gasteiger partial charge in [-0.2, -0.15) is 4.39 Å². The molecule has 0 saturated carbocycles. The molecule has 0 aliphatic carbocycles. The van der Waals surface area contributed by atoms with Gasteiger partial charge in [0.25, 0.3) is 0 Å². The van der Waals surface area contributed by atoms with Gasteiger partial charge in [-0.25, -0.2) is 4.79 Å². The number of amides is 1. The molecule has 1 atom stereocenters. The third kappa shape index (κ3) is 3.30. The number of carbonyl (C=O) groups excluding carboxylic acids is 1. The zero-order chi connectivity index (χ0) is 19.0. The summed E-state index contributed by atoms with van der Waals surface area (Å²) in [5.41, 5.74) is 0.233. The van der Waals surface area contributed by atoms with Gasteiger partial charge in [-0.3, -0.25) is 10.1 Å². The van der Waals surface area contributed by atoms with Crippen LogP contribution in [0.4, 0.5) is 14.9 Å². The first-order valence-corrected chi connectivity index (χ1v) is 8.57. The Morgan fingerprint density at radius 2 is 2.11 bits per heavy atom. The Morgan fingerprint density at radius 3 is 2.85 bits per heavy atom. The van der Waals surface area contributed by atoms with E-state index in [4.69, 9.17) is 9.47 Å². The van der Waals surface area contributed by atoms with Crippen molar-refractivity contribution in [3.8, 4) is 5.75 Å². The number of fused-ring (bicyclic) bond motifs is 1. The smallest absolute Gasteiger partial charge is 0.410 e. The van der Waals surface area contributed by atoms with Crippen molar-refractivity contribution >= 4 is 11.8 Å². The van der Waals surface area contributed by atoms with Gasteiger partial charge in [-0.15, -0.1) is 0 Å². The summed E-state index contributed by atoms with van der Waals surface area (Å²) in [6.07, 6.45) is 0.510. The van der Waals surface area contributed by atoms with E-state index in [1.807, 2.05) is 30.3 Å². The van der Waals surface area contributed by atoms with Crippen molar-refractivity contribution in [1.29, 1.82) is 0 Å². The van der Waals surface area contributed by atoms with Gasteiger partial charge in [-0.05, 0) is 5.56 Å². The molecule has 1 amide bonds. The molecule has 2 aliphatic heterocycles. The number of hydrogen-bond donors (Lipinski definition) is 0. The van der Waals surface area contributed by atoms with Crippen molar-refractivity contribution in [2.45, 2.75) is 25.0 Å². The van der Waals surface area contributed by atoms with Crippen LogP contribution in [0.5, 0.6) is 5.75 Å². The van der Waals surface area contributed by atoms with Crippen molar-refractivity contribution in [2.24, 2.45) is 0 Å². The van der Waals surface area contributed by atoms with Crippen LogP contribution in [-0.4, -0.2) is 34.6 Å². The zero-order valence-corrected chi connectivity index (χ0v) is 14.4. The van der Waals surface area contributed by atoms with Gasteiger partial charge in [0, 0.05) is 37.1 Å². The number of nitro groups is 1. The highest BCUT2D eigenvalue weighted by molar-refractivity contribution is 5.68. The topological polar surface area (TPSA) is 81.9 Å². The molecule has 8 heteroatoms. The van der Waals surface area contributed by atoms with Gasteiger partial charge in [0.15, 0.2) is 0 Å². The fourth-order valence-corrected chi connectivity index (χ4v) is 3.62. The highest BCUT2D eigenvalue weighted by Gasteiger charge is 2.47. The number of halogens is 1. The van der Waals surface area contributed by atoms with Crippen LogP contribution in [0, 0.1) is 15.9 Å². The molecule has 1 fully saturated rings. The molecule has 0 N–H and O–H groups in total. The van der Waals surface area contributed by atoms with Crippen molar-refractivity contribution in [2.75, 3.05) is 13.1 Å². The second kappa shape index (κ2) is 6.53. The van der Waals surface area contributed by atoms with Crippen molar-refractivity contribution in [3.05, 3.63) is 69.5 Å². The molecule has 2 aliphatic rings. The van der Waals surface area contributed by atoms with E-state index >= 15 is 0 Å². The largest absolute Gasteiger partial charge is 0.485 e. The first-order chi connectivity index (χ1) is 13.0. The molecule has 1 unspecified atom stereocenters. The molecule has 2 aromatic carbocycles. The van der Waals surface area contributed by atoms with E-state index in [1.54, 1.807) is 4.90 Å². The van der Waals surface area contributed by atoms with Crippen molar-refractivity contribution in [3.63, 3.8) is 0 Å². The molecule has 140 valence electrons. The van der Waals surface area contributed by atoms with E-state index in [0.29, 0.717) is 37.2 Å². The maximum atomic E-state index is 13.8. The number of nitrogens with zero attached hydrogens (tertiary/aromatic N) is 2. The minimum atomic E-state index is -0.923. The van der Waals surface area contributed by atoms with Crippen LogP contribution in [0.2, 0.25) is 0 Å². The third-order valence-electron chi connectivity index (χ3n) is 4.95. The summed E-state index contributed by atoms with van der Waals surface area (Å²) in [5, 5.41) is 10.9. The van der Waals surface area contributed by atoms with E-state index in [0.717, 1.165) is 11.6 Å². The summed E-state index contributed by atoms with van der Waals surface area (Å²) in [4.78, 5) is 24.1. The van der Waals surface area contributed by atoms with Crippen LogP contribution in [0.25, 0.3) is 0 Å². The Balaban J connectivity index is 1.41. The number of rotatable bonds is 3. The number of carbonyl (C=O) groups is 1. The molecule has 0 radical (unpaired) electrons. The fourth-order valence-electron chi connectivity index (χ4n) is 3.62. The molecule has 1 spiro atoms. The number of hydrogen-bond acceptors (Lipinski definition) is 5. The zero-order valence-electron chi connectivity index (χ0n) is 14.4. The van der Waals surface area contributed by atoms with Gasteiger partial charge in [0.2, 0.25) is 5.82 Å². The second-order valence-electron chi connectivity index (χ2n) is 6.84. The van der Waals surface area contributed by atoms with Gasteiger partial charge < -0.3 is 14.4 Å². The van der Waals surface area contributed by atoms with Crippen LogP contribution in [0.15, 0.2) is 42.5 Å². The minimum absolute atomic E-state index is 0.182. The monoisotopic (exact) mass is 372 g/mol. The molecule has 2 aromatic rings. The van der Waals surface area contributed by atoms with E-state index in [9.17, 15) is 19.3 Å². The summed E-state index contributed by atoms with van der Waals surface area (Å²) >= 11 is 0. The van der Waals surface area contributed by atoms with E-state index in [-0.39, 0.29) is 6.61 Å². The minimum Gasteiger partial charge on any atom is -0.485 e. The Kier molecular flexibility index (Phi) is 4.18. The summed E-state index contributed by atoms with van der Waals surface area (Å²) in [7, 11) is 0. The molecule has 4 rings (SSSR count). The maximum absolute atomic E-state index is 13.8. The van der Waals surface area contributed by atoms with E-state index in [2.05, 4.69) is 0 Å². The van der Waals surface area contributed by atoms with Gasteiger partial charge >= 0.3 is 11.8 Å². The standard InChI is InChI=1S/C19H17FN2O5/c20-15-9-17-14(8-16(15)22(24)25)10-19(27-17)6-7-21(12-19)18(23)26-11-13-4-2-1-3-5-13/h1-5,8-9H,6-7,10-12H2. The first kappa shape index (κ1) is 17.3. The highest BCUT2D eigenvalue weighted by Crippen LogP contribution is 2.42. The molecular weight excluding hydrogens is 355 g/mol. The summed E-state index contributed by atoms with van der Waals surface area (Å²) in [6.45, 7) is 0.929. The van der Waals surface area contributed by atoms with Crippen LogP contribution in [0.1, 0.15) is 17.5 Å². The predicted molar refractivity (Wildman–Crippen MR) is 92.9 cm³/mol. The van der Waals surface area contributed by atoms with Crippen LogP contribution in [-0.2, 0) is 17.8 Å². The molecule has 1 saturated heterocycles. The van der Waals surface area contributed by atoms with Gasteiger partial charge in [0.05, 0.1) is 11.5 Å². The number of ether oxygens (including phenoxy) is 2. The second-order valence-corrected chi connectivity index (χ2v) is 6.84. The lowest BCUT2D eigenvalue weighted by Gasteiger charge is -2.23. The molecule has 7 nitrogen and oxygen atoms in total. The molecular formula is C19H17FN2O5.